The molecule has 0 fully saturated rings. The van der Waals surface area contributed by atoms with Crippen molar-refractivity contribution >= 4 is 0 Å². The van der Waals surface area contributed by atoms with Gasteiger partial charge in [-0.1, -0.05) is 18.2 Å². The summed E-state index contributed by atoms with van der Waals surface area (Å²) in [6, 6.07) is 6.05. The molecule has 0 spiro atoms. The molecule has 14 heavy (non-hydrogen) atoms. The first kappa shape index (κ1) is 11.1. The normalized spacial score (nSPS) is 11.7. The standard InChI is InChI=1S/C10H14F2N2/c11-9-4-2-1-3-8(9)5-10(12,6-13)7-14/h1-4H,5-7,13-14H2. The van der Waals surface area contributed by atoms with Crippen LogP contribution in [-0.4, -0.2) is 18.8 Å². The smallest absolute Gasteiger partial charge is 0.139 e. The van der Waals surface area contributed by atoms with Crippen molar-refractivity contribution in [3.8, 4) is 0 Å². The van der Waals surface area contributed by atoms with E-state index in [2.05, 4.69) is 0 Å². The molecule has 1 aromatic rings. The van der Waals surface area contributed by atoms with Crippen LogP contribution in [0.2, 0.25) is 0 Å². The van der Waals surface area contributed by atoms with Gasteiger partial charge in [0.1, 0.15) is 11.5 Å². The molecule has 0 bridgehead atoms. The van der Waals surface area contributed by atoms with Crippen molar-refractivity contribution < 1.29 is 8.78 Å². The van der Waals surface area contributed by atoms with E-state index in [0.29, 0.717) is 5.56 Å². The highest BCUT2D eigenvalue weighted by Gasteiger charge is 2.27. The van der Waals surface area contributed by atoms with E-state index >= 15 is 0 Å². The van der Waals surface area contributed by atoms with Crippen molar-refractivity contribution in [1.82, 2.24) is 0 Å². The molecule has 4 N–H and O–H groups in total. The zero-order valence-corrected chi connectivity index (χ0v) is 7.84. The predicted octanol–water partition coefficient (Wildman–Crippen LogP) is 0.994. The third-order valence-electron chi connectivity index (χ3n) is 2.20. The zero-order chi connectivity index (χ0) is 10.6. The van der Waals surface area contributed by atoms with Gasteiger partial charge in [-0.3, -0.25) is 0 Å². The molecule has 0 aliphatic heterocycles. The van der Waals surface area contributed by atoms with Crippen LogP contribution in [0, 0.1) is 5.82 Å². The molecule has 78 valence electrons. The SMILES string of the molecule is NCC(F)(CN)Cc1ccccc1F. The van der Waals surface area contributed by atoms with E-state index < -0.39 is 11.5 Å². The fraction of sp³-hybridized carbons (Fsp3) is 0.400. The Labute approximate surface area is 81.9 Å². The van der Waals surface area contributed by atoms with Crippen LogP contribution in [0.15, 0.2) is 24.3 Å². The largest absolute Gasteiger partial charge is 0.327 e. The maximum atomic E-state index is 13.7. The van der Waals surface area contributed by atoms with Crippen molar-refractivity contribution in [2.45, 2.75) is 12.1 Å². The average Bonchev–Trinajstić information content (AvgIpc) is 2.21. The lowest BCUT2D eigenvalue weighted by Gasteiger charge is -2.21. The second-order valence-electron chi connectivity index (χ2n) is 3.33. The number of benzene rings is 1. The van der Waals surface area contributed by atoms with E-state index in [-0.39, 0.29) is 19.5 Å². The number of hydrogen-bond acceptors (Lipinski definition) is 2. The molecule has 0 radical (unpaired) electrons. The summed E-state index contributed by atoms with van der Waals surface area (Å²) in [7, 11) is 0. The van der Waals surface area contributed by atoms with Gasteiger partial charge in [-0.05, 0) is 11.6 Å². The number of halogens is 2. The van der Waals surface area contributed by atoms with Crippen LogP contribution in [0.25, 0.3) is 0 Å². The van der Waals surface area contributed by atoms with E-state index in [4.69, 9.17) is 11.5 Å². The number of rotatable bonds is 4. The van der Waals surface area contributed by atoms with Gasteiger partial charge in [0.25, 0.3) is 0 Å². The van der Waals surface area contributed by atoms with Gasteiger partial charge >= 0.3 is 0 Å². The van der Waals surface area contributed by atoms with Gasteiger partial charge in [-0.15, -0.1) is 0 Å². The van der Waals surface area contributed by atoms with Gasteiger partial charge in [0.15, 0.2) is 0 Å². The molecule has 0 saturated carbocycles. The van der Waals surface area contributed by atoms with E-state index in [1.165, 1.54) is 12.1 Å². The first-order chi connectivity index (χ1) is 6.61. The lowest BCUT2D eigenvalue weighted by molar-refractivity contribution is 0.182. The fourth-order valence-corrected chi connectivity index (χ4v) is 1.21. The first-order valence-electron chi connectivity index (χ1n) is 4.44. The molecule has 0 heterocycles. The minimum Gasteiger partial charge on any atom is -0.327 e. The lowest BCUT2D eigenvalue weighted by atomic mass is 9.96. The van der Waals surface area contributed by atoms with E-state index in [1.807, 2.05) is 0 Å². The maximum absolute atomic E-state index is 13.7. The van der Waals surface area contributed by atoms with Crippen LogP contribution in [0.3, 0.4) is 0 Å². The van der Waals surface area contributed by atoms with Crippen molar-refractivity contribution in [2.24, 2.45) is 11.5 Å². The molecule has 4 heteroatoms. The highest BCUT2D eigenvalue weighted by molar-refractivity contribution is 5.19. The summed E-state index contributed by atoms with van der Waals surface area (Å²) >= 11 is 0. The van der Waals surface area contributed by atoms with Gasteiger partial charge < -0.3 is 11.5 Å². The lowest BCUT2D eigenvalue weighted by Crippen LogP contribution is -2.42. The zero-order valence-electron chi connectivity index (χ0n) is 7.84. The van der Waals surface area contributed by atoms with Gasteiger partial charge in [0.2, 0.25) is 0 Å². The number of alkyl halides is 1. The third kappa shape index (κ3) is 2.49. The van der Waals surface area contributed by atoms with Crippen LogP contribution >= 0.6 is 0 Å². The number of nitrogens with two attached hydrogens (primary N) is 2. The minimum absolute atomic E-state index is 0.0767. The van der Waals surface area contributed by atoms with Crippen LogP contribution in [0.5, 0.6) is 0 Å². The van der Waals surface area contributed by atoms with E-state index in [1.54, 1.807) is 12.1 Å². The summed E-state index contributed by atoms with van der Waals surface area (Å²) in [4.78, 5) is 0. The Balaban J connectivity index is 2.82. The molecule has 0 saturated heterocycles. The Hall–Kier alpha value is -1.00. The third-order valence-corrected chi connectivity index (χ3v) is 2.20. The second kappa shape index (κ2) is 4.48. The van der Waals surface area contributed by atoms with Crippen molar-refractivity contribution in [3.05, 3.63) is 35.6 Å². The summed E-state index contributed by atoms with van der Waals surface area (Å²) in [5, 5.41) is 0. The van der Waals surface area contributed by atoms with Crippen LogP contribution in [0.4, 0.5) is 8.78 Å². The van der Waals surface area contributed by atoms with Gasteiger partial charge in [0.05, 0.1) is 0 Å². The quantitative estimate of drug-likeness (QED) is 0.761. The molecule has 0 aliphatic rings. The molecule has 0 aliphatic carbocycles. The van der Waals surface area contributed by atoms with Gasteiger partial charge in [-0.2, -0.15) is 0 Å². The summed E-state index contributed by atoms with van der Waals surface area (Å²) in [5.41, 5.74) is 9.08. The molecule has 2 nitrogen and oxygen atoms in total. The summed E-state index contributed by atoms with van der Waals surface area (Å²) in [6.07, 6.45) is -0.0767. The Morgan fingerprint density at radius 2 is 1.71 bits per heavy atom. The molecule has 1 rings (SSSR count). The predicted molar refractivity (Wildman–Crippen MR) is 52.1 cm³/mol. The highest BCUT2D eigenvalue weighted by Crippen LogP contribution is 2.18. The van der Waals surface area contributed by atoms with E-state index in [9.17, 15) is 8.78 Å². The molecule has 0 unspecified atom stereocenters. The highest BCUT2D eigenvalue weighted by atomic mass is 19.1. The molecule has 0 amide bonds. The Morgan fingerprint density at radius 1 is 1.14 bits per heavy atom. The average molecular weight is 200 g/mol. The maximum Gasteiger partial charge on any atom is 0.139 e. The number of hydrogen-bond donors (Lipinski definition) is 2. The van der Waals surface area contributed by atoms with Crippen LogP contribution < -0.4 is 11.5 Å². The first-order valence-corrected chi connectivity index (χ1v) is 4.44. The van der Waals surface area contributed by atoms with Gasteiger partial charge in [-0.25, -0.2) is 8.78 Å². The summed E-state index contributed by atoms with van der Waals surface area (Å²) < 4.78 is 26.8. The fourth-order valence-electron chi connectivity index (χ4n) is 1.21. The summed E-state index contributed by atoms with van der Waals surface area (Å²) in [5.74, 6) is -0.420. The monoisotopic (exact) mass is 200 g/mol. The Kier molecular flexibility index (Phi) is 3.55. The minimum atomic E-state index is -1.71. The van der Waals surface area contributed by atoms with Crippen LogP contribution in [0.1, 0.15) is 5.56 Å². The molecular formula is C10H14F2N2. The van der Waals surface area contributed by atoms with Gasteiger partial charge in [0, 0.05) is 19.5 Å². The van der Waals surface area contributed by atoms with Crippen molar-refractivity contribution in [1.29, 1.82) is 0 Å². The molecule has 1 aromatic carbocycles. The van der Waals surface area contributed by atoms with Crippen LogP contribution in [-0.2, 0) is 6.42 Å². The van der Waals surface area contributed by atoms with Crippen molar-refractivity contribution in [2.75, 3.05) is 13.1 Å². The van der Waals surface area contributed by atoms with E-state index in [0.717, 1.165) is 0 Å². The Morgan fingerprint density at radius 3 is 2.21 bits per heavy atom. The summed E-state index contributed by atoms with van der Waals surface area (Å²) in [6.45, 7) is -0.393. The topological polar surface area (TPSA) is 52.0 Å². The molecular weight excluding hydrogens is 186 g/mol. The van der Waals surface area contributed by atoms with Crippen molar-refractivity contribution in [3.63, 3.8) is 0 Å². The molecule has 0 aromatic heterocycles. The molecule has 0 atom stereocenters. The second-order valence-corrected chi connectivity index (χ2v) is 3.33. The Bertz CT molecular complexity index is 298.